The molecule has 4 atom stereocenters. The van der Waals surface area contributed by atoms with E-state index in [1.54, 1.807) is 0 Å². The third-order valence-electron chi connectivity index (χ3n) is 3.47. The fraction of sp³-hybridized carbons (Fsp3) is 0.909. The zero-order chi connectivity index (χ0) is 12.6. The summed E-state index contributed by atoms with van der Waals surface area (Å²) in [6.45, 7) is 4.14. The lowest BCUT2D eigenvalue weighted by Gasteiger charge is -2.26. The number of aliphatic hydroxyl groups is 2. The number of cyclic esters (lactones) is 1. The molecular formula is C11H18O6. The zero-order valence-electron chi connectivity index (χ0n) is 9.96. The van der Waals surface area contributed by atoms with Gasteiger partial charge in [0.25, 0.3) is 0 Å². The number of hydrogen-bond donors (Lipinski definition) is 2. The Balaban J connectivity index is 2.04. The molecule has 2 rings (SSSR count). The SMILES string of the molecule is CCC1(CC)OC[C@@H]([C@H]2OC(=O)[C@@H](O)[C@H]2O)O1. The number of ether oxygens (including phenoxy) is 3. The Morgan fingerprint density at radius 3 is 2.41 bits per heavy atom. The Labute approximate surface area is 99.5 Å². The van der Waals surface area contributed by atoms with Gasteiger partial charge in [-0.25, -0.2) is 4.79 Å². The molecule has 0 bridgehead atoms. The minimum absolute atomic E-state index is 0.253. The summed E-state index contributed by atoms with van der Waals surface area (Å²) >= 11 is 0. The van der Waals surface area contributed by atoms with E-state index in [0.29, 0.717) is 12.8 Å². The van der Waals surface area contributed by atoms with Crippen LogP contribution in [0.2, 0.25) is 0 Å². The van der Waals surface area contributed by atoms with Crippen molar-refractivity contribution in [3.8, 4) is 0 Å². The smallest absolute Gasteiger partial charge is 0.338 e. The third kappa shape index (κ3) is 2.06. The highest BCUT2D eigenvalue weighted by Gasteiger charge is 2.52. The van der Waals surface area contributed by atoms with Gasteiger partial charge in [-0.05, 0) is 12.8 Å². The van der Waals surface area contributed by atoms with Crippen LogP contribution in [0.15, 0.2) is 0 Å². The molecule has 0 radical (unpaired) electrons. The zero-order valence-corrected chi connectivity index (χ0v) is 9.96. The quantitative estimate of drug-likeness (QED) is 0.657. The molecule has 6 nitrogen and oxygen atoms in total. The minimum atomic E-state index is -1.48. The second-order valence-electron chi connectivity index (χ2n) is 4.42. The Morgan fingerprint density at radius 2 is 2.00 bits per heavy atom. The Morgan fingerprint density at radius 1 is 1.35 bits per heavy atom. The van der Waals surface area contributed by atoms with Crippen molar-refractivity contribution in [2.75, 3.05) is 6.61 Å². The summed E-state index contributed by atoms with van der Waals surface area (Å²) in [4.78, 5) is 11.1. The van der Waals surface area contributed by atoms with Crippen LogP contribution >= 0.6 is 0 Å². The highest BCUT2D eigenvalue weighted by atomic mass is 16.8. The van der Waals surface area contributed by atoms with Crippen molar-refractivity contribution in [1.29, 1.82) is 0 Å². The largest absolute Gasteiger partial charge is 0.455 e. The molecule has 0 saturated carbocycles. The number of hydrogen-bond acceptors (Lipinski definition) is 6. The monoisotopic (exact) mass is 246 g/mol. The number of esters is 1. The molecule has 2 fully saturated rings. The van der Waals surface area contributed by atoms with Crippen LogP contribution in [0.4, 0.5) is 0 Å². The minimum Gasteiger partial charge on any atom is -0.455 e. The van der Waals surface area contributed by atoms with E-state index in [2.05, 4.69) is 0 Å². The maximum absolute atomic E-state index is 11.1. The first-order valence-electron chi connectivity index (χ1n) is 5.91. The van der Waals surface area contributed by atoms with Crippen LogP contribution in [0.25, 0.3) is 0 Å². The van der Waals surface area contributed by atoms with Crippen LogP contribution in [0.3, 0.4) is 0 Å². The Hall–Kier alpha value is -0.690. The molecule has 0 aromatic carbocycles. The molecule has 0 aliphatic carbocycles. The standard InChI is InChI=1S/C11H18O6/c1-3-11(4-2)15-5-6(17-11)9-7(12)8(13)10(14)16-9/h6-9,12-13H,3-5H2,1-2H3/t6-,7+,8-,9+/m0/s1. The molecule has 2 aliphatic rings. The first-order chi connectivity index (χ1) is 8.03. The van der Waals surface area contributed by atoms with Crippen LogP contribution in [0.1, 0.15) is 26.7 Å². The van der Waals surface area contributed by atoms with Crippen LogP contribution < -0.4 is 0 Å². The molecule has 17 heavy (non-hydrogen) atoms. The number of carbonyl (C=O) groups is 1. The molecule has 2 saturated heterocycles. The topological polar surface area (TPSA) is 85.2 Å². The van der Waals surface area contributed by atoms with Gasteiger partial charge in [0, 0.05) is 0 Å². The number of aliphatic hydroxyl groups excluding tert-OH is 2. The first kappa shape index (κ1) is 12.8. The summed E-state index contributed by atoms with van der Waals surface area (Å²) in [5.41, 5.74) is 0. The van der Waals surface area contributed by atoms with Gasteiger partial charge in [0.2, 0.25) is 0 Å². The fourth-order valence-corrected chi connectivity index (χ4v) is 2.25. The van der Waals surface area contributed by atoms with Crippen LogP contribution in [-0.4, -0.2) is 53.0 Å². The molecule has 6 heteroatoms. The van der Waals surface area contributed by atoms with E-state index in [-0.39, 0.29) is 6.61 Å². The Bertz CT molecular complexity index is 300. The van der Waals surface area contributed by atoms with Gasteiger partial charge in [-0.15, -0.1) is 0 Å². The highest BCUT2D eigenvalue weighted by Crippen LogP contribution is 2.34. The first-order valence-corrected chi connectivity index (χ1v) is 5.91. The van der Waals surface area contributed by atoms with Gasteiger partial charge in [-0.2, -0.15) is 0 Å². The van der Waals surface area contributed by atoms with Gasteiger partial charge in [0.1, 0.15) is 12.2 Å². The molecule has 0 spiro atoms. The van der Waals surface area contributed by atoms with Crippen molar-refractivity contribution in [3.63, 3.8) is 0 Å². The van der Waals surface area contributed by atoms with Gasteiger partial charge in [-0.1, -0.05) is 13.8 Å². The Kier molecular flexibility index (Phi) is 3.40. The molecule has 0 amide bonds. The van der Waals surface area contributed by atoms with Gasteiger partial charge < -0.3 is 24.4 Å². The molecule has 2 aliphatic heterocycles. The second-order valence-corrected chi connectivity index (χ2v) is 4.42. The van der Waals surface area contributed by atoms with E-state index < -0.39 is 36.2 Å². The molecule has 0 unspecified atom stereocenters. The maximum Gasteiger partial charge on any atom is 0.338 e. The maximum atomic E-state index is 11.1. The van der Waals surface area contributed by atoms with E-state index >= 15 is 0 Å². The van der Waals surface area contributed by atoms with Crippen LogP contribution in [-0.2, 0) is 19.0 Å². The number of carbonyl (C=O) groups excluding carboxylic acids is 1. The lowest BCUT2D eigenvalue weighted by molar-refractivity contribution is -0.188. The van der Waals surface area contributed by atoms with Gasteiger partial charge in [0.05, 0.1) is 6.61 Å². The van der Waals surface area contributed by atoms with Crippen molar-refractivity contribution >= 4 is 5.97 Å². The summed E-state index contributed by atoms with van der Waals surface area (Å²) in [6, 6.07) is 0. The van der Waals surface area contributed by atoms with Crippen molar-refractivity contribution in [3.05, 3.63) is 0 Å². The van der Waals surface area contributed by atoms with Crippen molar-refractivity contribution in [2.24, 2.45) is 0 Å². The normalized spacial score (nSPS) is 40.6. The van der Waals surface area contributed by atoms with E-state index in [4.69, 9.17) is 14.2 Å². The highest BCUT2D eigenvalue weighted by molar-refractivity contribution is 5.77. The molecule has 2 heterocycles. The second kappa shape index (κ2) is 4.53. The number of rotatable bonds is 3. The average Bonchev–Trinajstić information content (AvgIpc) is 2.87. The van der Waals surface area contributed by atoms with Gasteiger partial charge >= 0.3 is 5.97 Å². The third-order valence-corrected chi connectivity index (χ3v) is 3.47. The molecule has 0 aromatic heterocycles. The summed E-state index contributed by atoms with van der Waals surface area (Å²) in [6.07, 6.45) is -2.75. The lowest BCUT2D eigenvalue weighted by atomic mass is 10.1. The molecule has 0 aromatic rings. The van der Waals surface area contributed by atoms with Crippen LogP contribution in [0, 0.1) is 0 Å². The van der Waals surface area contributed by atoms with E-state index in [1.165, 1.54) is 0 Å². The van der Waals surface area contributed by atoms with E-state index in [9.17, 15) is 15.0 Å². The van der Waals surface area contributed by atoms with E-state index in [0.717, 1.165) is 0 Å². The fourth-order valence-electron chi connectivity index (χ4n) is 2.25. The van der Waals surface area contributed by atoms with E-state index in [1.807, 2.05) is 13.8 Å². The molecular weight excluding hydrogens is 228 g/mol. The predicted octanol–water partition coefficient (Wildman–Crippen LogP) is -0.435. The molecule has 98 valence electrons. The van der Waals surface area contributed by atoms with Crippen molar-refractivity contribution in [2.45, 2.75) is 56.9 Å². The van der Waals surface area contributed by atoms with Crippen molar-refractivity contribution in [1.82, 2.24) is 0 Å². The summed E-state index contributed by atoms with van der Waals surface area (Å²) in [5.74, 6) is -1.47. The summed E-state index contributed by atoms with van der Waals surface area (Å²) in [7, 11) is 0. The van der Waals surface area contributed by atoms with Gasteiger partial charge in [-0.3, -0.25) is 0 Å². The molecule has 2 N–H and O–H groups in total. The van der Waals surface area contributed by atoms with Gasteiger partial charge in [0.15, 0.2) is 18.0 Å². The predicted molar refractivity (Wildman–Crippen MR) is 56.0 cm³/mol. The summed E-state index contributed by atoms with van der Waals surface area (Å²) in [5, 5.41) is 19.0. The average molecular weight is 246 g/mol. The lowest BCUT2D eigenvalue weighted by Crippen LogP contribution is -2.41. The summed E-state index contributed by atoms with van der Waals surface area (Å²) < 4.78 is 16.2. The van der Waals surface area contributed by atoms with Crippen LogP contribution in [0.5, 0.6) is 0 Å². The van der Waals surface area contributed by atoms with Crippen molar-refractivity contribution < 1.29 is 29.2 Å².